The van der Waals surface area contributed by atoms with Gasteiger partial charge >= 0.3 is 0 Å². The highest BCUT2D eigenvalue weighted by atomic mass is 16.3. The van der Waals surface area contributed by atoms with Gasteiger partial charge in [0.1, 0.15) is 11.5 Å². The summed E-state index contributed by atoms with van der Waals surface area (Å²) < 4.78 is 5.68. The molecule has 19 heavy (non-hydrogen) atoms. The van der Waals surface area contributed by atoms with Crippen LogP contribution in [-0.2, 0) is 0 Å². The maximum absolute atomic E-state index is 8.92. The molecule has 0 amide bonds. The Labute approximate surface area is 116 Å². The molecule has 1 N–H and O–H groups in total. The van der Waals surface area contributed by atoms with E-state index < -0.39 is 0 Å². The molecule has 0 bridgehead atoms. The Kier molecular flexibility index (Phi) is 5.43. The molecule has 2 heterocycles. The molecule has 4 nitrogen and oxygen atoms in total. The summed E-state index contributed by atoms with van der Waals surface area (Å²) in [5.74, 6) is 2.60. The third kappa shape index (κ3) is 4.34. The van der Waals surface area contributed by atoms with Crippen molar-refractivity contribution in [2.45, 2.75) is 26.2 Å². The van der Waals surface area contributed by atoms with Crippen LogP contribution in [0.4, 0.5) is 0 Å². The third-order valence-electron chi connectivity index (χ3n) is 4.01. The summed E-state index contributed by atoms with van der Waals surface area (Å²) in [6, 6.07) is 4.14. The maximum atomic E-state index is 8.92. The van der Waals surface area contributed by atoms with Crippen molar-refractivity contribution in [2.24, 2.45) is 0 Å². The SMILES string of the molecule is Cc1ccc(C(C)CCN2CCN(CCO)CC2)o1. The predicted octanol–water partition coefficient (Wildman–Crippen LogP) is 1.69. The molecule has 1 aromatic heterocycles. The van der Waals surface area contributed by atoms with Gasteiger partial charge in [-0.1, -0.05) is 6.92 Å². The lowest BCUT2D eigenvalue weighted by Gasteiger charge is -2.34. The van der Waals surface area contributed by atoms with Crippen molar-refractivity contribution in [3.63, 3.8) is 0 Å². The van der Waals surface area contributed by atoms with Crippen LogP contribution in [0.25, 0.3) is 0 Å². The molecular weight excluding hydrogens is 240 g/mol. The highest BCUT2D eigenvalue weighted by Gasteiger charge is 2.17. The highest BCUT2D eigenvalue weighted by molar-refractivity contribution is 5.09. The molecule has 0 saturated carbocycles. The number of aliphatic hydroxyl groups excluding tert-OH is 1. The summed E-state index contributed by atoms with van der Waals surface area (Å²) in [6.07, 6.45) is 1.15. The number of aliphatic hydroxyl groups is 1. The smallest absolute Gasteiger partial charge is 0.107 e. The maximum Gasteiger partial charge on any atom is 0.107 e. The summed E-state index contributed by atoms with van der Waals surface area (Å²) in [5, 5.41) is 8.92. The molecule has 1 saturated heterocycles. The largest absolute Gasteiger partial charge is 0.466 e. The number of aryl methyl sites for hydroxylation is 1. The summed E-state index contributed by atoms with van der Waals surface area (Å²) in [5.41, 5.74) is 0. The van der Waals surface area contributed by atoms with Crippen LogP contribution in [0, 0.1) is 6.92 Å². The van der Waals surface area contributed by atoms with Crippen molar-refractivity contribution in [3.05, 3.63) is 23.7 Å². The third-order valence-corrected chi connectivity index (χ3v) is 4.01. The molecule has 108 valence electrons. The quantitative estimate of drug-likeness (QED) is 0.850. The van der Waals surface area contributed by atoms with Crippen molar-refractivity contribution in [1.29, 1.82) is 0 Å². The number of rotatable bonds is 6. The van der Waals surface area contributed by atoms with Gasteiger partial charge in [-0.15, -0.1) is 0 Å². The van der Waals surface area contributed by atoms with E-state index in [9.17, 15) is 0 Å². The van der Waals surface area contributed by atoms with Crippen LogP contribution >= 0.6 is 0 Å². The van der Waals surface area contributed by atoms with Crippen LogP contribution in [0.5, 0.6) is 0 Å². The van der Waals surface area contributed by atoms with Gasteiger partial charge in [0.15, 0.2) is 0 Å². The number of piperazine rings is 1. The van der Waals surface area contributed by atoms with E-state index in [1.54, 1.807) is 0 Å². The molecule has 0 spiro atoms. The van der Waals surface area contributed by atoms with E-state index in [1.807, 2.05) is 13.0 Å². The average Bonchev–Trinajstić information content (AvgIpc) is 2.85. The fourth-order valence-electron chi connectivity index (χ4n) is 2.61. The molecule has 0 aliphatic carbocycles. The van der Waals surface area contributed by atoms with Crippen molar-refractivity contribution in [1.82, 2.24) is 9.80 Å². The second kappa shape index (κ2) is 7.08. The lowest BCUT2D eigenvalue weighted by Crippen LogP contribution is -2.47. The van der Waals surface area contributed by atoms with Crippen molar-refractivity contribution in [2.75, 3.05) is 45.9 Å². The molecule has 0 aromatic carbocycles. The van der Waals surface area contributed by atoms with Crippen molar-refractivity contribution >= 4 is 0 Å². The van der Waals surface area contributed by atoms with Crippen LogP contribution in [-0.4, -0.2) is 60.8 Å². The van der Waals surface area contributed by atoms with Gasteiger partial charge in [0.25, 0.3) is 0 Å². The zero-order valence-electron chi connectivity index (χ0n) is 12.1. The summed E-state index contributed by atoms with van der Waals surface area (Å²) in [6.45, 7) is 10.8. The van der Waals surface area contributed by atoms with E-state index >= 15 is 0 Å². The Morgan fingerprint density at radius 3 is 2.32 bits per heavy atom. The lowest BCUT2D eigenvalue weighted by molar-refractivity contribution is 0.110. The van der Waals surface area contributed by atoms with E-state index in [4.69, 9.17) is 9.52 Å². The van der Waals surface area contributed by atoms with E-state index in [2.05, 4.69) is 22.8 Å². The minimum absolute atomic E-state index is 0.273. The molecule has 4 heteroatoms. The van der Waals surface area contributed by atoms with Crippen molar-refractivity contribution < 1.29 is 9.52 Å². The number of hydrogen-bond acceptors (Lipinski definition) is 4. The van der Waals surface area contributed by atoms with Gasteiger partial charge in [-0.3, -0.25) is 4.90 Å². The van der Waals surface area contributed by atoms with Crippen LogP contribution < -0.4 is 0 Å². The van der Waals surface area contributed by atoms with Crippen LogP contribution in [0.15, 0.2) is 16.5 Å². The minimum atomic E-state index is 0.273. The number of β-amino-alcohol motifs (C(OH)–C–C–N with tert-alkyl or cyclic N) is 1. The summed E-state index contributed by atoms with van der Waals surface area (Å²) in [7, 11) is 0. The van der Waals surface area contributed by atoms with E-state index in [1.165, 1.54) is 0 Å². The van der Waals surface area contributed by atoms with Gasteiger partial charge in [-0.25, -0.2) is 0 Å². The lowest BCUT2D eigenvalue weighted by atomic mass is 10.0. The molecule has 2 rings (SSSR count). The highest BCUT2D eigenvalue weighted by Crippen LogP contribution is 2.21. The molecule has 1 aliphatic heterocycles. The first-order chi connectivity index (χ1) is 9.19. The van der Waals surface area contributed by atoms with Gasteiger partial charge in [-0.05, 0) is 32.0 Å². The molecule has 1 aromatic rings. The molecule has 1 unspecified atom stereocenters. The number of hydrogen-bond donors (Lipinski definition) is 1. The topological polar surface area (TPSA) is 39.9 Å². The van der Waals surface area contributed by atoms with Crippen LogP contribution in [0.1, 0.15) is 30.8 Å². The molecule has 0 radical (unpaired) electrons. The Bertz CT molecular complexity index is 370. The summed E-state index contributed by atoms with van der Waals surface area (Å²) >= 11 is 0. The van der Waals surface area contributed by atoms with E-state index in [0.717, 1.165) is 57.2 Å². The number of furan rings is 1. The van der Waals surface area contributed by atoms with Crippen LogP contribution in [0.3, 0.4) is 0 Å². The van der Waals surface area contributed by atoms with Gasteiger partial charge in [0, 0.05) is 38.6 Å². The van der Waals surface area contributed by atoms with Gasteiger partial charge in [0.2, 0.25) is 0 Å². The molecule has 1 aliphatic rings. The second-order valence-corrected chi connectivity index (χ2v) is 5.55. The normalized spacial score (nSPS) is 19.7. The minimum Gasteiger partial charge on any atom is -0.466 e. The monoisotopic (exact) mass is 266 g/mol. The van der Waals surface area contributed by atoms with Gasteiger partial charge in [0.05, 0.1) is 6.61 Å². The number of nitrogens with zero attached hydrogens (tertiary/aromatic N) is 2. The molecule has 1 atom stereocenters. The zero-order chi connectivity index (χ0) is 13.7. The molecular formula is C15H26N2O2. The van der Waals surface area contributed by atoms with E-state index in [0.29, 0.717) is 5.92 Å². The first-order valence-electron chi connectivity index (χ1n) is 7.31. The fraction of sp³-hybridized carbons (Fsp3) is 0.733. The Morgan fingerprint density at radius 2 is 1.79 bits per heavy atom. The van der Waals surface area contributed by atoms with E-state index in [-0.39, 0.29) is 6.61 Å². The Balaban J connectivity index is 1.69. The predicted molar refractivity (Wildman–Crippen MR) is 76.4 cm³/mol. The Hall–Kier alpha value is -0.840. The summed E-state index contributed by atoms with van der Waals surface area (Å²) in [4.78, 5) is 4.84. The van der Waals surface area contributed by atoms with Gasteiger partial charge in [-0.2, -0.15) is 0 Å². The molecule has 1 fully saturated rings. The first-order valence-corrected chi connectivity index (χ1v) is 7.31. The van der Waals surface area contributed by atoms with Gasteiger partial charge < -0.3 is 14.4 Å². The average molecular weight is 266 g/mol. The first kappa shape index (κ1) is 14.6. The standard InChI is InChI=1S/C15H26N2O2/c1-13(15-4-3-14(2)19-15)5-6-16-7-9-17(10-8-16)11-12-18/h3-4,13,18H,5-12H2,1-2H3. The fourth-order valence-corrected chi connectivity index (χ4v) is 2.61. The van der Waals surface area contributed by atoms with Crippen LogP contribution in [0.2, 0.25) is 0 Å². The zero-order valence-corrected chi connectivity index (χ0v) is 12.1. The van der Waals surface area contributed by atoms with Crippen molar-refractivity contribution in [3.8, 4) is 0 Å². The Morgan fingerprint density at radius 1 is 1.16 bits per heavy atom. The second-order valence-electron chi connectivity index (χ2n) is 5.55.